The van der Waals surface area contributed by atoms with Crippen LogP contribution in [0.15, 0.2) is 29.3 Å². The number of hydrogen-bond acceptors (Lipinski definition) is 2. The van der Waals surface area contributed by atoms with Gasteiger partial charge in [0.15, 0.2) is 5.96 Å². The lowest BCUT2D eigenvalue weighted by atomic mass is 9.92. The van der Waals surface area contributed by atoms with Crippen LogP contribution in [0.1, 0.15) is 37.8 Å². The van der Waals surface area contributed by atoms with Crippen LogP contribution in [0.2, 0.25) is 0 Å². The first-order valence-electron chi connectivity index (χ1n) is 9.40. The molecule has 0 aromatic heterocycles. The molecule has 1 aliphatic heterocycles. The molecule has 1 aromatic carbocycles. The molecule has 0 unspecified atom stereocenters. The van der Waals surface area contributed by atoms with E-state index >= 15 is 0 Å². The van der Waals surface area contributed by atoms with Gasteiger partial charge in [0.2, 0.25) is 5.91 Å². The first kappa shape index (κ1) is 17.8. The van der Waals surface area contributed by atoms with Gasteiger partial charge in [-0.25, -0.2) is 0 Å². The van der Waals surface area contributed by atoms with Crippen LogP contribution in [0.5, 0.6) is 0 Å². The molecule has 5 heteroatoms. The number of aliphatic imine (C=N–C) groups is 1. The van der Waals surface area contributed by atoms with E-state index in [0.717, 1.165) is 45.2 Å². The summed E-state index contributed by atoms with van der Waals surface area (Å²) in [5.74, 6) is 1.16. The van der Waals surface area contributed by atoms with Gasteiger partial charge in [-0.15, -0.1) is 0 Å². The number of carbonyl (C=O) groups excluding carboxylic acids is 1. The molecule has 1 saturated carbocycles. The van der Waals surface area contributed by atoms with Crippen molar-refractivity contribution in [2.24, 2.45) is 4.99 Å². The molecule has 1 amide bonds. The molecule has 5 nitrogen and oxygen atoms in total. The zero-order valence-corrected chi connectivity index (χ0v) is 15.7. The number of nitrogens with one attached hydrogen (secondary N) is 1. The van der Waals surface area contributed by atoms with E-state index in [1.165, 1.54) is 24.0 Å². The van der Waals surface area contributed by atoms with Gasteiger partial charge in [-0.05, 0) is 37.8 Å². The first-order valence-corrected chi connectivity index (χ1v) is 9.40. The maximum atomic E-state index is 11.5. The van der Waals surface area contributed by atoms with Gasteiger partial charge in [0.05, 0.1) is 6.54 Å². The van der Waals surface area contributed by atoms with Gasteiger partial charge >= 0.3 is 0 Å². The lowest BCUT2D eigenvalue weighted by molar-refractivity contribution is -0.130. The van der Waals surface area contributed by atoms with E-state index in [1.807, 2.05) is 4.90 Å². The van der Waals surface area contributed by atoms with Crippen LogP contribution in [0.25, 0.3) is 0 Å². The highest BCUT2D eigenvalue weighted by atomic mass is 16.2. The Morgan fingerprint density at radius 3 is 2.36 bits per heavy atom. The average Bonchev–Trinajstić information content (AvgIpc) is 3.40. The third-order valence-corrected chi connectivity index (χ3v) is 5.46. The van der Waals surface area contributed by atoms with Crippen molar-refractivity contribution in [3.8, 4) is 0 Å². The number of benzene rings is 1. The van der Waals surface area contributed by atoms with Crippen LogP contribution in [0.4, 0.5) is 0 Å². The number of amides is 1. The lowest BCUT2D eigenvalue weighted by Gasteiger charge is -2.36. The van der Waals surface area contributed by atoms with Crippen molar-refractivity contribution in [3.63, 3.8) is 0 Å². The predicted octanol–water partition coefficient (Wildman–Crippen LogP) is 2.16. The molecule has 2 aliphatic rings. The standard InChI is InChI=1S/C20H30N4O/c1-4-21-19(24-13-11-23(12-14-24)17(3)25)22-15-20(9-10-20)18-8-6-5-7-16(18)2/h5-8H,4,9-15H2,1-3H3,(H,21,22). The molecule has 3 rings (SSSR count). The van der Waals surface area contributed by atoms with Gasteiger partial charge in [-0.2, -0.15) is 0 Å². The van der Waals surface area contributed by atoms with Crippen molar-refractivity contribution >= 4 is 11.9 Å². The molecule has 0 atom stereocenters. The van der Waals surface area contributed by atoms with Gasteiger partial charge in [0.25, 0.3) is 0 Å². The fourth-order valence-corrected chi connectivity index (χ4v) is 3.72. The zero-order chi connectivity index (χ0) is 17.9. The molecule has 1 aliphatic carbocycles. The summed E-state index contributed by atoms with van der Waals surface area (Å²) in [7, 11) is 0. The van der Waals surface area contributed by atoms with E-state index in [9.17, 15) is 4.79 Å². The smallest absolute Gasteiger partial charge is 0.219 e. The number of hydrogen-bond donors (Lipinski definition) is 1. The monoisotopic (exact) mass is 342 g/mol. The second-order valence-electron chi connectivity index (χ2n) is 7.26. The SMILES string of the molecule is CCNC(=NCC1(c2ccccc2C)CC1)N1CCN(C(C)=O)CC1. The molecule has 1 aromatic rings. The molecule has 25 heavy (non-hydrogen) atoms. The number of rotatable bonds is 4. The molecule has 2 fully saturated rings. The van der Waals surface area contributed by atoms with Crippen molar-refractivity contribution in [1.82, 2.24) is 15.1 Å². The highest BCUT2D eigenvalue weighted by Gasteiger charge is 2.45. The summed E-state index contributed by atoms with van der Waals surface area (Å²) in [6.07, 6.45) is 2.44. The van der Waals surface area contributed by atoms with Gasteiger partial charge in [0, 0.05) is 45.1 Å². The Morgan fingerprint density at radius 2 is 1.80 bits per heavy atom. The minimum absolute atomic E-state index is 0.165. The van der Waals surface area contributed by atoms with E-state index in [4.69, 9.17) is 4.99 Å². The highest BCUT2D eigenvalue weighted by molar-refractivity contribution is 5.80. The largest absolute Gasteiger partial charge is 0.357 e. The molecule has 136 valence electrons. The maximum absolute atomic E-state index is 11.5. The Bertz CT molecular complexity index is 643. The number of nitrogens with zero attached hydrogens (tertiary/aromatic N) is 3. The summed E-state index contributed by atoms with van der Waals surface area (Å²) in [4.78, 5) is 20.7. The maximum Gasteiger partial charge on any atom is 0.219 e. The zero-order valence-electron chi connectivity index (χ0n) is 15.7. The molecule has 0 spiro atoms. The minimum Gasteiger partial charge on any atom is -0.357 e. The summed E-state index contributed by atoms with van der Waals surface area (Å²) in [5.41, 5.74) is 3.05. The number of carbonyl (C=O) groups is 1. The quantitative estimate of drug-likeness (QED) is 0.674. The van der Waals surface area contributed by atoms with Crippen molar-refractivity contribution < 1.29 is 4.79 Å². The van der Waals surface area contributed by atoms with Crippen molar-refractivity contribution in [2.75, 3.05) is 39.3 Å². The van der Waals surface area contributed by atoms with E-state index in [-0.39, 0.29) is 11.3 Å². The van der Waals surface area contributed by atoms with Crippen molar-refractivity contribution in [1.29, 1.82) is 0 Å². The average molecular weight is 342 g/mol. The first-order chi connectivity index (χ1) is 12.1. The predicted molar refractivity (Wildman–Crippen MR) is 102 cm³/mol. The second kappa shape index (κ2) is 7.46. The number of guanidine groups is 1. The Kier molecular flexibility index (Phi) is 5.30. The second-order valence-corrected chi connectivity index (χ2v) is 7.26. The van der Waals surface area contributed by atoms with Crippen LogP contribution >= 0.6 is 0 Å². The fourth-order valence-electron chi connectivity index (χ4n) is 3.72. The van der Waals surface area contributed by atoms with E-state index in [1.54, 1.807) is 6.92 Å². The summed E-state index contributed by atoms with van der Waals surface area (Å²) in [6.45, 7) is 10.9. The molecule has 0 bridgehead atoms. The van der Waals surface area contributed by atoms with Crippen molar-refractivity contribution in [2.45, 2.75) is 39.0 Å². The summed E-state index contributed by atoms with van der Waals surface area (Å²) < 4.78 is 0. The Balaban J connectivity index is 1.69. The van der Waals surface area contributed by atoms with E-state index < -0.39 is 0 Å². The number of aryl methyl sites for hydroxylation is 1. The Hall–Kier alpha value is -2.04. The van der Waals surface area contributed by atoms with Crippen LogP contribution in [0, 0.1) is 6.92 Å². The van der Waals surface area contributed by atoms with Crippen molar-refractivity contribution in [3.05, 3.63) is 35.4 Å². The third-order valence-electron chi connectivity index (χ3n) is 5.46. The molecule has 1 N–H and O–H groups in total. The van der Waals surface area contributed by atoms with Crippen LogP contribution in [-0.2, 0) is 10.2 Å². The molecule has 1 heterocycles. The van der Waals surface area contributed by atoms with Crippen LogP contribution in [-0.4, -0.2) is 60.9 Å². The normalized spacial score (nSPS) is 19.7. The van der Waals surface area contributed by atoms with Crippen LogP contribution in [0.3, 0.4) is 0 Å². The fraction of sp³-hybridized carbons (Fsp3) is 0.600. The minimum atomic E-state index is 0.165. The Morgan fingerprint density at radius 1 is 1.16 bits per heavy atom. The Labute approximate surface area is 151 Å². The van der Waals surface area contributed by atoms with Crippen LogP contribution < -0.4 is 5.32 Å². The molecular weight excluding hydrogens is 312 g/mol. The van der Waals surface area contributed by atoms with Gasteiger partial charge in [0.1, 0.15) is 0 Å². The van der Waals surface area contributed by atoms with Gasteiger partial charge in [-0.1, -0.05) is 24.3 Å². The molecular formula is C20H30N4O. The summed E-state index contributed by atoms with van der Waals surface area (Å²) in [6, 6.07) is 8.71. The molecule has 1 saturated heterocycles. The lowest BCUT2D eigenvalue weighted by Crippen LogP contribution is -2.53. The molecule has 0 radical (unpaired) electrons. The third kappa shape index (κ3) is 3.97. The van der Waals surface area contributed by atoms with Gasteiger partial charge in [-0.3, -0.25) is 9.79 Å². The van der Waals surface area contributed by atoms with E-state index in [0.29, 0.717) is 0 Å². The summed E-state index contributed by atoms with van der Waals surface area (Å²) >= 11 is 0. The summed E-state index contributed by atoms with van der Waals surface area (Å²) in [5, 5.41) is 3.44. The van der Waals surface area contributed by atoms with E-state index in [2.05, 4.69) is 48.3 Å². The number of piperazine rings is 1. The topological polar surface area (TPSA) is 47.9 Å². The van der Waals surface area contributed by atoms with Gasteiger partial charge < -0.3 is 15.1 Å². The highest BCUT2D eigenvalue weighted by Crippen LogP contribution is 2.49.